The summed E-state index contributed by atoms with van der Waals surface area (Å²) >= 11 is 0. The molecular formula is C19H18N4O3. The van der Waals surface area contributed by atoms with E-state index in [4.69, 9.17) is 5.26 Å². The monoisotopic (exact) mass is 350 g/mol. The number of benzene rings is 2. The normalized spacial score (nSPS) is 14.5. The number of nitrogens with zero attached hydrogens (tertiary/aromatic N) is 3. The fourth-order valence-corrected chi connectivity index (χ4v) is 3.15. The number of para-hydroxylation sites is 1. The Bertz CT molecular complexity index is 853. The second kappa shape index (κ2) is 7.66. The third kappa shape index (κ3) is 3.81. The van der Waals surface area contributed by atoms with E-state index >= 15 is 0 Å². The first-order valence-electron chi connectivity index (χ1n) is 8.38. The first-order chi connectivity index (χ1) is 12.6. The van der Waals surface area contributed by atoms with E-state index in [1.54, 1.807) is 6.07 Å². The molecule has 3 rings (SSSR count). The van der Waals surface area contributed by atoms with Gasteiger partial charge in [-0.05, 0) is 37.1 Å². The van der Waals surface area contributed by atoms with Crippen molar-refractivity contribution in [2.75, 3.05) is 23.3 Å². The van der Waals surface area contributed by atoms with Gasteiger partial charge in [0.05, 0.1) is 16.6 Å². The highest BCUT2D eigenvalue weighted by Crippen LogP contribution is 2.32. The number of carbonyl (C=O) groups excluding carboxylic acids is 1. The molecule has 0 aliphatic carbocycles. The average Bonchev–Trinajstić information content (AvgIpc) is 2.68. The van der Waals surface area contributed by atoms with Gasteiger partial charge in [0.25, 0.3) is 5.69 Å². The van der Waals surface area contributed by atoms with Gasteiger partial charge >= 0.3 is 0 Å². The molecule has 0 aromatic heterocycles. The standard InChI is InChI=1S/C19H18N4O3/c20-13-14-6-7-17(23(25)26)18(12-14)22-10-8-15(9-11-22)19(24)21-16-4-2-1-3-5-16/h1-7,12,15H,8-11H2,(H,21,24). The third-order valence-electron chi connectivity index (χ3n) is 4.55. The molecule has 2 aromatic rings. The summed E-state index contributed by atoms with van der Waals surface area (Å²) < 4.78 is 0. The van der Waals surface area contributed by atoms with Gasteiger partial charge in [0, 0.05) is 30.8 Å². The van der Waals surface area contributed by atoms with Crippen molar-refractivity contribution in [3.05, 3.63) is 64.2 Å². The Morgan fingerprint density at radius 1 is 1.19 bits per heavy atom. The van der Waals surface area contributed by atoms with E-state index in [1.807, 2.05) is 41.3 Å². The number of nitro benzene ring substituents is 1. The predicted molar refractivity (Wildman–Crippen MR) is 97.8 cm³/mol. The Morgan fingerprint density at radius 2 is 1.88 bits per heavy atom. The zero-order valence-corrected chi connectivity index (χ0v) is 14.1. The van der Waals surface area contributed by atoms with Crippen molar-refractivity contribution >= 4 is 23.0 Å². The highest BCUT2D eigenvalue weighted by Gasteiger charge is 2.28. The third-order valence-corrected chi connectivity index (χ3v) is 4.55. The van der Waals surface area contributed by atoms with E-state index in [0.29, 0.717) is 37.2 Å². The SMILES string of the molecule is N#Cc1ccc([N+](=O)[O-])c(N2CCC(C(=O)Nc3ccccc3)CC2)c1. The average molecular weight is 350 g/mol. The largest absolute Gasteiger partial charge is 0.366 e. The maximum Gasteiger partial charge on any atom is 0.292 e. The molecule has 0 spiro atoms. The maximum atomic E-state index is 12.4. The van der Waals surface area contributed by atoms with Gasteiger partial charge in [-0.15, -0.1) is 0 Å². The number of piperidine rings is 1. The molecule has 1 amide bonds. The highest BCUT2D eigenvalue weighted by atomic mass is 16.6. The molecule has 0 bridgehead atoms. The molecule has 1 fully saturated rings. The van der Waals surface area contributed by atoms with Crippen molar-refractivity contribution in [3.8, 4) is 6.07 Å². The Morgan fingerprint density at radius 3 is 2.50 bits per heavy atom. The van der Waals surface area contributed by atoms with Crippen LogP contribution >= 0.6 is 0 Å². The summed E-state index contributed by atoms with van der Waals surface area (Å²) in [5, 5.41) is 23.2. The van der Waals surface area contributed by atoms with Gasteiger partial charge in [-0.3, -0.25) is 14.9 Å². The van der Waals surface area contributed by atoms with Crippen LogP contribution in [0.4, 0.5) is 17.1 Å². The minimum absolute atomic E-state index is 0.0174. The minimum atomic E-state index is -0.440. The second-order valence-corrected chi connectivity index (χ2v) is 6.19. The topological polar surface area (TPSA) is 99.3 Å². The minimum Gasteiger partial charge on any atom is -0.366 e. The number of carbonyl (C=O) groups is 1. The van der Waals surface area contributed by atoms with Crippen LogP contribution in [0.2, 0.25) is 0 Å². The zero-order valence-electron chi connectivity index (χ0n) is 14.1. The number of anilines is 2. The Kier molecular flexibility index (Phi) is 5.13. The first-order valence-corrected chi connectivity index (χ1v) is 8.38. The molecule has 2 aromatic carbocycles. The molecule has 26 heavy (non-hydrogen) atoms. The molecule has 0 atom stereocenters. The molecular weight excluding hydrogens is 332 g/mol. The van der Waals surface area contributed by atoms with Gasteiger partial charge in [-0.25, -0.2) is 0 Å². The van der Waals surface area contributed by atoms with Gasteiger partial charge in [0.1, 0.15) is 5.69 Å². The van der Waals surface area contributed by atoms with Crippen LogP contribution in [0.3, 0.4) is 0 Å². The quantitative estimate of drug-likeness (QED) is 0.673. The number of nitro groups is 1. The molecule has 1 aliphatic heterocycles. The van der Waals surface area contributed by atoms with Crippen molar-refractivity contribution in [1.29, 1.82) is 5.26 Å². The molecule has 1 heterocycles. The molecule has 0 unspecified atom stereocenters. The van der Waals surface area contributed by atoms with Crippen LogP contribution in [0.15, 0.2) is 48.5 Å². The lowest BCUT2D eigenvalue weighted by Gasteiger charge is -2.32. The molecule has 0 saturated carbocycles. The summed E-state index contributed by atoms with van der Waals surface area (Å²) in [4.78, 5) is 25.1. The van der Waals surface area contributed by atoms with Crippen molar-refractivity contribution in [3.63, 3.8) is 0 Å². The van der Waals surface area contributed by atoms with Gasteiger partial charge in [-0.2, -0.15) is 5.26 Å². The van der Waals surface area contributed by atoms with Crippen molar-refractivity contribution in [2.45, 2.75) is 12.8 Å². The van der Waals surface area contributed by atoms with E-state index in [1.165, 1.54) is 12.1 Å². The number of nitrogens with one attached hydrogen (secondary N) is 1. The van der Waals surface area contributed by atoms with Crippen LogP contribution < -0.4 is 10.2 Å². The Balaban J connectivity index is 1.68. The van der Waals surface area contributed by atoms with Gasteiger partial charge < -0.3 is 10.2 Å². The Hall–Kier alpha value is -3.40. The van der Waals surface area contributed by atoms with Crippen LogP contribution in [0.5, 0.6) is 0 Å². The van der Waals surface area contributed by atoms with Gasteiger partial charge in [-0.1, -0.05) is 18.2 Å². The van der Waals surface area contributed by atoms with Crippen LogP contribution in [-0.4, -0.2) is 23.9 Å². The molecule has 0 radical (unpaired) electrons. The molecule has 1 aliphatic rings. The van der Waals surface area contributed by atoms with Crippen molar-refractivity contribution < 1.29 is 9.72 Å². The number of amides is 1. The molecule has 7 nitrogen and oxygen atoms in total. The van der Waals surface area contributed by atoms with E-state index < -0.39 is 4.92 Å². The number of rotatable bonds is 4. The Labute approximate surface area is 151 Å². The van der Waals surface area contributed by atoms with Crippen LogP contribution in [0.25, 0.3) is 0 Å². The second-order valence-electron chi connectivity index (χ2n) is 6.19. The summed E-state index contributed by atoms with van der Waals surface area (Å²) in [7, 11) is 0. The van der Waals surface area contributed by atoms with Crippen LogP contribution in [-0.2, 0) is 4.79 Å². The fourth-order valence-electron chi connectivity index (χ4n) is 3.15. The summed E-state index contributed by atoms with van der Waals surface area (Å²) in [6, 6.07) is 15.6. The maximum absolute atomic E-state index is 12.4. The molecule has 7 heteroatoms. The smallest absolute Gasteiger partial charge is 0.292 e. The van der Waals surface area contributed by atoms with E-state index in [9.17, 15) is 14.9 Å². The molecule has 132 valence electrons. The molecule has 1 saturated heterocycles. The summed E-state index contributed by atoms with van der Waals surface area (Å²) in [6.45, 7) is 1.06. The first kappa shape index (κ1) is 17.4. The lowest BCUT2D eigenvalue weighted by atomic mass is 9.95. The van der Waals surface area contributed by atoms with E-state index in [0.717, 1.165) is 5.69 Å². The van der Waals surface area contributed by atoms with E-state index in [-0.39, 0.29) is 17.5 Å². The van der Waals surface area contributed by atoms with Gasteiger partial charge in [0.2, 0.25) is 5.91 Å². The number of nitriles is 1. The lowest BCUT2D eigenvalue weighted by Crippen LogP contribution is -2.38. The number of hydrogen-bond acceptors (Lipinski definition) is 5. The van der Waals surface area contributed by atoms with Gasteiger partial charge in [0.15, 0.2) is 0 Å². The number of hydrogen-bond donors (Lipinski definition) is 1. The van der Waals surface area contributed by atoms with Crippen LogP contribution in [0, 0.1) is 27.4 Å². The highest BCUT2D eigenvalue weighted by molar-refractivity contribution is 5.92. The van der Waals surface area contributed by atoms with E-state index in [2.05, 4.69) is 5.32 Å². The molecule has 1 N–H and O–H groups in total. The zero-order chi connectivity index (χ0) is 18.5. The fraction of sp³-hybridized carbons (Fsp3) is 0.263. The summed E-state index contributed by atoms with van der Waals surface area (Å²) in [5.41, 5.74) is 1.57. The van der Waals surface area contributed by atoms with Crippen LogP contribution in [0.1, 0.15) is 18.4 Å². The summed E-state index contributed by atoms with van der Waals surface area (Å²) in [6.07, 6.45) is 1.21. The van der Waals surface area contributed by atoms with Crippen molar-refractivity contribution in [2.24, 2.45) is 5.92 Å². The predicted octanol–water partition coefficient (Wildman–Crippen LogP) is 3.32. The summed E-state index contributed by atoms with van der Waals surface area (Å²) in [5.74, 6) is -0.166. The van der Waals surface area contributed by atoms with Crippen molar-refractivity contribution in [1.82, 2.24) is 0 Å². The lowest BCUT2D eigenvalue weighted by molar-refractivity contribution is -0.384.